The Balaban J connectivity index is 1.16. The van der Waals surface area contributed by atoms with E-state index in [1.165, 1.54) is 51.4 Å². The summed E-state index contributed by atoms with van der Waals surface area (Å²) in [5, 5.41) is 6.32. The SMILES string of the molecule is Cc1cccc(NC(=O)NC2CCCC(C3CCCCC3)N(CC(=O)C34CC5CC(CC(C5)C3)C4)C2)c1. The molecule has 7 rings (SSSR count). The van der Waals surface area contributed by atoms with E-state index in [4.69, 9.17) is 0 Å². The van der Waals surface area contributed by atoms with Crippen LogP contribution in [0.15, 0.2) is 24.3 Å². The molecule has 202 valence electrons. The van der Waals surface area contributed by atoms with Crippen molar-refractivity contribution >= 4 is 17.5 Å². The molecule has 1 saturated heterocycles. The first-order valence-electron chi connectivity index (χ1n) is 15.4. The second-order valence-electron chi connectivity index (χ2n) is 13.6. The van der Waals surface area contributed by atoms with Gasteiger partial charge in [-0.15, -0.1) is 0 Å². The van der Waals surface area contributed by atoms with Crippen molar-refractivity contribution in [3.63, 3.8) is 0 Å². The van der Waals surface area contributed by atoms with E-state index in [1.54, 1.807) is 0 Å². The molecule has 1 aromatic rings. The third-order valence-electron chi connectivity index (χ3n) is 10.8. The highest BCUT2D eigenvalue weighted by atomic mass is 16.2. The van der Waals surface area contributed by atoms with E-state index in [9.17, 15) is 9.59 Å². The predicted octanol–water partition coefficient (Wildman–Crippen LogP) is 6.71. The van der Waals surface area contributed by atoms with Gasteiger partial charge in [-0.1, -0.05) is 31.4 Å². The highest BCUT2D eigenvalue weighted by molar-refractivity contribution is 5.89. The summed E-state index contributed by atoms with van der Waals surface area (Å²) in [5.41, 5.74) is 1.93. The molecular weight excluding hydrogens is 458 g/mol. The van der Waals surface area contributed by atoms with Crippen LogP contribution in [0.1, 0.15) is 95.5 Å². The van der Waals surface area contributed by atoms with E-state index < -0.39 is 0 Å². The lowest BCUT2D eigenvalue weighted by Gasteiger charge is -2.56. The lowest BCUT2D eigenvalue weighted by molar-refractivity contribution is -0.146. The van der Waals surface area contributed by atoms with Crippen molar-refractivity contribution in [3.8, 4) is 0 Å². The fourth-order valence-electron chi connectivity index (χ4n) is 9.50. The van der Waals surface area contributed by atoms with Crippen LogP contribution in [-0.2, 0) is 4.79 Å². The fraction of sp³-hybridized carbons (Fsp3) is 0.750. The molecule has 2 amide bonds. The Kier molecular flexibility index (Phi) is 7.35. The van der Waals surface area contributed by atoms with Crippen molar-refractivity contribution in [1.82, 2.24) is 10.2 Å². The Hall–Kier alpha value is -1.88. The van der Waals surface area contributed by atoms with Gasteiger partial charge in [-0.2, -0.15) is 0 Å². The van der Waals surface area contributed by atoms with Gasteiger partial charge in [0.2, 0.25) is 0 Å². The highest BCUT2D eigenvalue weighted by Gasteiger charge is 2.54. The van der Waals surface area contributed by atoms with Crippen molar-refractivity contribution in [2.75, 3.05) is 18.4 Å². The molecule has 2 atom stereocenters. The molecule has 5 nitrogen and oxygen atoms in total. The molecule has 37 heavy (non-hydrogen) atoms. The highest BCUT2D eigenvalue weighted by Crippen LogP contribution is 2.60. The zero-order chi connectivity index (χ0) is 25.4. The smallest absolute Gasteiger partial charge is 0.319 e. The number of amides is 2. The molecule has 4 bridgehead atoms. The number of carbonyl (C=O) groups excluding carboxylic acids is 2. The van der Waals surface area contributed by atoms with E-state index in [2.05, 4.69) is 15.5 Å². The van der Waals surface area contributed by atoms with Gasteiger partial charge >= 0.3 is 6.03 Å². The van der Waals surface area contributed by atoms with Crippen LogP contribution in [0.4, 0.5) is 10.5 Å². The number of ketones is 1. The molecule has 5 heteroatoms. The summed E-state index contributed by atoms with van der Waals surface area (Å²) in [6.45, 7) is 3.45. The Bertz CT molecular complexity index is 949. The Morgan fingerprint density at radius 3 is 2.30 bits per heavy atom. The first-order valence-corrected chi connectivity index (χ1v) is 15.4. The van der Waals surface area contributed by atoms with Crippen LogP contribution in [0.5, 0.6) is 0 Å². The van der Waals surface area contributed by atoms with E-state index >= 15 is 0 Å². The van der Waals surface area contributed by atoms with Gasteiger partial charge < -0.3 is 10.6 Å². The molecule has 2 N–H and O–H groups in total. The molecule has 2 unspecified atom stereocenters. The fourth-order valence-corrected chi connectivity index (χ4v) is 9.50. The van der Waals surface area contributed by atoms with Crippen LogP contribution in [-0.4, -0.2) is 41.9 Å². The summed E-state index contributed by atoms with van der Waals surface area (Å²) in [5.74, 6) is 3.64. The molecule has 5 aliphatic carbocycles. The molecule has 0 spiro atoms. The Morgan fingerprint density at radius 2 is 1.62 bits per heavy atom. The number of benzene rings is 1. The molecule has 5 saturated carbocycles. The lowest BCUT2D eigenvalue weighted by atomic mass is 9.48. The number of nitrogens with one attached hydrogen (secondary N) is 2. The number of urea groups is 1. The average molecular weight is 506 g/mol. The second-order valence-corrected chi connectivity index (χ2v) is 13.6. The number of nitrogens with zero attached hydrogens (tertiary/aromatic N) is 1. The number of Topliss-reactive ketones (excluding diaryl/α,β-unsaturated/α-hetero) is 1. The molecule has 1 aromatic carbocycles. The molecular formula is C32H47N3O2. The molecule has 1 heterocycles. The van der Waals surface area contributed by atoms with Crippen molar-refractivity contribution in [2.24, 2.45) is 29.1 Å². The van der Waals surface area contributed by atoms with Gasteiger partial charge in [0.15, 0.2) is 5.78 Å². The number of likely N-dealkylation sites (tertiary alicyclic amines) is 1. The van der Waals surface area contributed by atoms with Crippen molar-refractivity contribution < 1.29 is 9.59 Å². The minimum Gasteiger partial charge on any atom is -0.334 e. The van der Waals surface area contributed by atoms with Crippen LogP contribution in [0, 0.1) is 36.0 Å². The maximum absolute atomic E-state index is 14.2. The maximum atomic E-state index is 14.2. The van der Waals surface area contributed by atoms with Crippen LogP contribution in [0.25, 0.3) is 0 Å². The summed E-state index contributed by atoms with van der Waals surface area (Å²) in [7, 11) is 0. The summed E-state index contributed by atoms with van der Waals surface area (Å²) in [4.78, 5) is 29.7. The topological polar surface area (TPSA) is 61.4 Å². The summed E-state index contributed by atoms with van der Waals surface area (Å²) < 4.78 is 0. The molecule has 6 aliphatic rings. The van der Waals surface area contributed by atoms with Gasteiger partial charge in [-0.3, -0.25) is 9.69 Å². The summed E-state index contributed by atoms with van der Waals surface area (Å²) in [6.07, 6.45) is 17.5. The largest absolute Gasteiger partial charge is 0.334 e. The quantitative estimate of drug-likeness (QED) is 0.452. The number of hydrogen-bond acceptors (Lipinski definition) is 3. The zero-order valence-corrected chi connectivity index (χ0v) is 22.9. The zero-order valence-electron chi connectivity index (χ0n) is 22.9. The number of hydrogen-bond donors (Lipinski definition) is 2. The van der Waals surface area contributed by atoms with Gasteiger partial charge in [0.25, 0.3) is 0 Å². The van der Waals surface area contributed by atoms with Gasteiger partial charge in [0.05, 0.1) is 6.54 Å². The first-order chi connectivity index (χ1) is 18.0. The Labute approximate surface area is 223 Å². The third kappa shape index (κ3) is 5.62. The minimum absolute atomic E-state index is 0.0381. The number of carbonyl (C=O) groups is 2. The van der Waals surface area contributed by atoms with Crippen LogP contribution >= 0.6 is 0 Å². The van der Waals surface area contributed by atoms with Crippen LogP contribution in [0.2, 0.25) is 0 Å². The average Bonchev–Trinajstić information content (AvgIpc) is 3.05. The van der Waals surface area contributed by atoms with Gasteiger partial charge in [0.1, 0.15) is 0 Å². The van der Waals surface area contributed by atoms with Gasteiger partial charge in [-0.05, 0) is 119 Å². The number of anilines is 1. The third-order valence-corrected chi connectivity index (χ3v) is 10.8. The summed E-state index contributed by atoms with van der Waals surface area (Å²) in [6, 6.07) is 8.41. The maximum Gasteiger partial charge on any atom is 0.319 e. The van der Waals surface area contributed by atoms with E-state index in [0.29, 0.717) is 24.3 Å². The molecule has 6 fully saturated rings. The first kappa shape index (κ1) is 25.4. The normalized spacial score (nSPS) is 36.2. The lowest BCUT2D eigenvalue weighted by Crippen LogP contribution is -2.55. The number of aryl methyl sites for hydroxylation is 1. The van der Waals surface area contributed by atoms with Crippen LogP contribution < -0.4 is 10.6 Å². The van der Waals surface area contributed by atoms with Gasteiger partial charge in [-0.25, -0.2) is 4.79 Å². The molecule has 1 aliphatic heterocycles. The van der Waals surface area contributed by atoms with E-state index in [-0.39, 0.29) is 17.5 Å². The Morgan fingerprint density at radius 1 is 0.919 bits per heavy atom. The van der Waals surface area contributed by atoms with Crippen LogP contribution in [0.3, 0.4) is 0 Å². The van der Waals surface area contributed by atoms with Crippen molar-refractivity contribution in [2.45, 2.75) is 109 Å². The monoisotopic (exact) mass is 505 g/mol. The van der Waals surface area contributed by atoms with Crippen molar-refractivity contribution in [1.29, 1.82) is 0 Å². The standard InChI is InChI=1S/C32H47N3O2/c1-22-7-5-10-27(13-22)33-31(37)34-28-11-6-12-29(26-8-3-2-4-9-26)35(20-28)21-30(36)32-17-23-14-24(18-32)16-25(15-23)19-32/h5,7,10,13,23-26,28-29H,2-4,6,8-9,11-12,14-21H2,1H3,(H2,33,34,37). The second kappa shape index (κ2) is 10.7. The van der Waals surface area contributed by atoms with Gasteiger partial charge in [0, 0.05) is 29.7 Å². The molecule has 0 aromatic heterocycles. The van der Waals surface area contributed by atoms with Crippen molar-refractivity contribution in [3.05, 3.63) is 29.8 Å². The molecule has 0 radical (unpaired) electrons. The van der Waals surface area contributed by atoms with E-state index in [0.717, 1.165) is 74.1 Å². The summed E-state index contributed by atoms with van der Waals surface area (Å²) >= 11 is 0. The van der Waals surface area contributed by atoms with E-state index in [1.807, 2.05) is 31.2 Å². The minimum atomic E-state index is -0.126. The number of rotatable bonds is 6. The predicted molar refractivity (Wildman–Crippen MR) is 149 cm³/mol.